The molecule has 0 spiro atoms. The Hall–Kier alpha value is -3.23. The maximum atomic E-state index is 12.6. The molecule has 0 atom stereocenters. The third-order valence-corrected chi connectivity index (χ3v) is 5.71. The number of carbonyl (C=O) groups excluding carboxylic acids is 2. The quantitative estimate of drug-likeness (QED) is 0.345. The molecule has 0 amide bonds. The molecule has 8 heteroatoms. The van der Waals surface area contributed by atoms with E-state index in [1.807, 2.05) is 37.3 Å². The zero-order valence-corrected chi connectivity index (χ0v) is 19.9. The summed E-state index contributed by atoms with van der Waals surface area (Å²) in [4.78, 5) is 25.6. The predicted octanol–water partition coefficient (Wildman–Crippen LogP) is 5.88. The molecule has 32 heavy (non-hydrogen) atoms. The minimum Gasteiger partial charge on any atom is -0.465 e. The Labute approximate surface area is 196 Å². The number of ether oxygens (including phenoxy) is 2. The maximum Gasteiger partial charge on any atom is 0.341 e. The van der Waals surface area contributed by atoms with E-state index in [4.69, 9.17) is 21.7 Å². The van der Waals surface area contributed by atoms with Crippen molar-refractivity contribution in [1.29, 1.82) is 0 Å². The van der Waals surface area contributed by atoms with Gasteiger partial charge in [-0.1, -0.05) is 30.3 Å². The molecule has 0 saturated carbocycles. The van der Waals surface area contributed by atoms with Gasteiger partial charge in [0.05, 0.1) is 18.8 Å². The Balaban J connectivity index is 1.79. The molecule has 0 aliphatic carbocycles. The van der Waals surface area contributed by atoms with Gasteiger partial charge in [0, 0.05) is 16.1 Å². The summed E-state index contributed by atoms with van der Waals surface area (Å²) < 4.78 is 10.2. The van der Waals surface area contributed by atoms with Crippen LogP contribution in [0.2, 0.25) is 0 Å². The molecule has 0 bridgehead atoms. The van der Waals surface area contributed by atoms with Crippen LogP contribution >= 0.6 is 23.6 Å². The van der Waals surface area contributed by atoms with Crippen LogP contribution < -0.4 is 10.6 Å². The highest BCUT2D eigenvalue weighted by Gasteiger charge is 2.24. The van der Waals surface area contributed by atoms with Gasteiger partial charge in [-0.2, -0.15) is 0 Å². The fraction of sp³-hybridized carbons (Fsp3) is 0.208. The number of hydrogen-bond acceptors (Lipinski definition) is 6. The zero-order chi connectivity index (χ0) is 23.3. The largest absolute Gasteiger partial charge is 0.465 e. The molecule has 0 unspecified atom stereocenters. The van der Waals surface area contributed by atoms with Crippen LogP contribution in [0.25, 0.3) is 11.1 Å². The van der Waals surface area contributed by atoms with Crippen LogP contribution in [0, 0.1) is 6.92 Å². The van der Waals surface area contributed by atoms with Gasteiger partial charge < -0.3 is 20.1 Å². The number of aryl methyl sites for hydroxylation is 1. The summed E-state index contributed by atoms with van der Waals surface area (Å²) in [5, 5.41) is 7.10. The molecule has 6 nitrogen and oxygen atoms in total. The molecule has 2 N–H and O–H groups in total. The number of methoxy groups -OCH3 is 1. The number of rotatable bonds is 6. The van der Waals surface area contributed by atoms with E-state index in [9.17, 15) is 9.59 Å². The molecular weight excluding hydrogens is 444 g/mol. The first-order chi connectivity index (χ1) is 15.3. The van der Waals surface area contributed by atoms with E-state index >= 15 is 0 Å². The van der Waals surface area contributed by atoms with Gasteiger partial charge in [-0.3, -0.25) is 0 Å². The van der Waals surface area contributed by atoms with Crippen molar-refractivity contribution in [1.82, 2.24) is 0 Å². The lowest BCUT2D eigenvalue weighted by Gasteiger charge is -2.12. The third-order valence-electron chi connectivity index (χ3n) is 4.48. The summed E-state index contributed by atoms with van der Waals surface area (Å²) in [6.45, 7) is 5.56. The van der Waals surface area contributed by atoms with Gasteiger partial charge in [0.25, 0.3) is 0 Å². The summed E-state index contributed by atoms with van der Waals surface area (Å²) in [7, 11) is 1.36. The number of benzene rings is 2. The van der Waals surface area contributed by atoms with Crippen molar-refractivity contribution in [2.24, 2.45) is 0 Å². The molecule has 0 radical (unpaired) electrons. The average molecular weight is 469 g/mol. The van der Waals surface area contributed by atoms with Gasteiger partial charge >= 0.3 is 11.9 Å². The fourth-order valence-electron chi connectivity index (χ4n) is 3.12. The summed E-state index contributed by atoms with van der Waals surface area (Å²) in [5.41, 5.74) is 3.34. The van der Waals surface area contributed by atoms with E-state index in [-0.39, 0.29) is 12.1 Å². The first-order valence-electron chi connectivity index (χ1n) is 9.96. The van der Waals surface area contributed by atoms with Crippen LogP contribution in [0.15, 0.2) is 54.6 Å². The summed E-state index contributed by atoms with van der Waals surface area (Å²) >= 11 is 6.88. The normalized spacial score (nSPS) is 10.5. The molecule has 3 aromatic rings. The van der Waals surface area contributed by atoms with Crippen molar-refractivity contribution < 1.29 is 19.1 Å². The van der Waals surface area contributed by atoms with Gasteiger partial charge in [-0.05, 0) is 62.8 Å². The van der Waals surface area contributed by atoms with E-state index in [1.165, 1.54) is 18.4 Å². The SMILES string of the molecule is COC(=O)c1c(NC(=S)Nc2ccc(C(=O)OC(C)C)cc2)sc(C)c1-c1ccccc1. The average Bonchev–Trinajstić information content (AvgIpc) is 3.09. The Morgan fingerprint density at radius 3 is 2.22 bits per heavy atom. The molecule has 0 aliphatic heterocycles. The minimum absolute atomic E-state index is 0.184. The van der Waals surface area contributed by atoms with Crippen LogP contribution in [0.1, 0.15) is 39.4 Å². The number of carbonyl (C=O) groups is 2. The van der Waals surface area contributed by atoms with Gasteiger partial charge in [0.1, 0.15) is 10.6 Å². The lowest BCUT2D eigenvalue weighted by Crippen LogP contribution is -2.20. The molecule has 0 saturated heterocycles. The number of anilines is 2. The maximum absolute atomic E-state index is 12.6. The van der Waals surface area contributed by atoms with Gasteiger partial charge in [0.2, 0.25) is 0 Å². The Morgan fingerprint density at radius 2 is 1.62 bits per heavy atom. The second-order valence-electron chi connectivity index (χ2n) is 7.21. The van der Waals surface area contributed by atoms with Gasteiger partial charge in [-0.15, -0.1) is 11.3 Å². The molecule has 0 aliphatic rings. The molecule has 166 valence electrons. The van der Waals surface area contributed by atoms with E-state index in [1.54, 1.807) is 38.1 Å². The highest BCUT2D eigenvalue weighted by Crippen LogP contribution is 2.40. The third kappa shape index (κ3) is 5.52. The highest BCUT2D eigenvalue weighted by molar-refractivity contribution is 7.80. The van der Waals surface area contributed by atoms with Crippen LogP contribution in [0.4, 0.5) is 10.7 Å². The second kappa shape index (κ2) is 10.4. The molecule has 3 rings (SSSR count). The van der Waals surface area contributed by atoms with Crippen molar-refractivity contribution >= 4 is 51.3 Å². The first-order valence-corrected chi connectivity index (χ1v) is 11.2. The first kappa shape index (κ1) is 23.4. The van der Waals surface area contributed by atoms with E-state index < -0.39 is 5.97 Å². The Bertz CT molecular complexity index is 1120. The summed E-state index contributed by atoms with van der Waals surface area (Å²) in [5.74, 6) is -0.816. The lowest BCUT2D eigenvalue weighted by atomic mass is 10.0. The van der Waals surface area contributed by atoms with E-state index in [0.29, 0.717) is 26.9 Å². The van der Waals surface area contributed by atoms with Crippen LogP contribution in [-0.2, 0) is 9.47 Å². The van der Waals surface area contributed by atoms with Crippen molar-refractivity contribution in [3.05, 3.63) is 70.6 Å². The number of thiocarbonyl (C=S) groups is 1. The van der Waals surface area contributed by atoms with Crippen molar-refractivity contribution in [3.8, 4) is 11.1 Å². The van der Waals surface area contributed by atoms with Crippen molar-refractivity contribution in [2.45, 2.75) is 26.9 Å². The number of nitrogens with one attached hydrogen (secondary N) is 2. The Kier molecular flexibility index (Phi) is 7.61. The van der Waals surface area contributed by atoms with Gasteiger partial charge in [-0.25, -0.2) is 9.59 Å². The predicted molar refractivity (Wildman–Crippen MR) is 133 cm³/mol. The monoisotopic (exact) mass is 468 g/mol. The van der Waals surface area contributed by atoms with Gasteiger partial charge in [0.15, 0.2) is 5.11 Å². The smallest absolute Gasteiger partial charge is 0.341 e. The molecule has 1 aromatic heterocycles. The minimum atomic E-state index is -0.438. The van der Waals surface area contributed by atoms with Crippen LogP contribution in [0.3, 0.4) is 0 Å². The zero-order valence-electron chi connectivity index (χ0n) is 18.2. The molecule has 2 aromatic carbocycles. The van der Waals surface area contributed by atoms with Crippen molar-refractivity contribution in [3.63, 3.8) is 0 Å². The summed E-state index contributed by atoms with van der Waals surface area (Å²) in [6.07, 6.45) is -0.184. The van der Waals surface area contributed by atoms with E-state index in [2.05, 4.69) is 10.6 Å². The highest BCUT2D eigenvalue weighted by atomic mass is 32.1. The standard InChI is InChI=1S/C24H24N2O4S2/c1-14(2)30-22(27)17-10-12-18(13-11-17)25-24(31)26-21-20(23(28)29-4)19(15(3)32-21)16-8-6-5-7-9-16/h5-14H,1-4H3,(H2,25,26,31). The molecule has 0 fully saturated rings. The number of thiophene rings is 1. The lowest BCUT2D eigenvalue weighted by molar-refractivity contribution is 0.0377. The van der Waals surface area contributed by atoms with Crippen LogP contribution in [-0.4, -0.2) is 30.3 Å². The summed E-state index contributed by atoms with van der Waals surface area (Å²) in [6, 6.07) is 16.5. The number of esters is 2. The fourth-order valence-corrected chi connectivity index (χ4v) is 4.47. The molecule has 1 heterocycles. The molecular formula is C24H24N2O4S2. The second-order valence-corrected chi connectivity index (χ2v) is 8.84. The topological polar surface area (TPSA) is 76.7 Å². The van der Waals surface area contributed by atoms with Crippen molar-refractivity contribution in [2.75, 3.05) is 17.7 Å². The van der Waals surface area contributed by atoms with Crippen LogP contribution in [0.5, 0.6) is 0 Å². The number of hydrogen-bond donors (Lipinski definition) is 2. The Morgan fingerprint density at radius 1 is 0.969 bits per heavy atom. The van der Waals surface area contributed by atoms with E-state index in [0.717, 1.165) is 16.0 Å².